The predicted molar refractivity (Wildman–Crippen MR) is 439 cm³/mol. The summed E-state index contributed by atoms with van der Waals surface area (Å²) >= 11 is 0. The first-order chi connectivity index (χ1) is 55.6. The third-order valence-corrected chi connectivity index (χ3v) is 21.0. The van der Waals surface area contributed by atoms with Gasteiger partial charge in [-0.1, -0.05) is 106 Å². The third-order valence-electron chi connectivity index (χ3n) is 21.0. The summed E-state index contributed by atoms with van der Waals surface area (Å²) < 4.78 is 53.6. The SMILES string of the molecule is COC(=O)CNC(=O)C[C@H](CC(C)C)NC(=O)c1cc(-c2c(OC)cccc2OC)n(C2CCC(C)CC2)n1.COC(=O)CNC(=O)C[C@H](CC(C)C)NC(=O)c1cc(-c2c(OC)cccc2OC)n(C2CCCC(C)C2)n1.COC(=O)CNC(=O)C[C@H](CC(C)C)NC(=O)c1cc(-c2c(OC)cccc2OC)n(C2CCCCC2)n1. The summed E-state index contributed by atoms with van der Waals surface area (Å²) in [6, 6.07) is 21.2. The van der Waals surface area contributed by atoms with Crippen LogP contribution in [0.5, 0.6) is 34.5 Å². The van der Waals surface area contributed by atoms with Gasteiger partial charge in [-0.3, -0.25) is 57.2 Å². The fourth-order valence-corrected chi connectivity index (χ4v) is 15.3. The highest BCUT2D eigenvalue weighted by Gasteiger charge is 2.34. The zero-order valence-corrected chi connectivity index (χ0v) is 70.9. The normalized spacial score (nSPS) is 16.8. The van der Waals surface area contributed by atoms with Gasteiger partial charge < -0.3 is 74.5 Å². The molecule has 6 aromatic rings. The van der Waals surface area contributed by atoms with Gasteiger partial charge in [0.05, 0.1) is 116 Å². The Hall–Kier alpha value is -10.7. The minimum atomic E-state index is -0.533. The Morgan fingerprint density at radius 1 is 0.371 bits per heavy atom. The number of methoxy groups -OCH3 is 9. The molecule has 0 bridgehead atoms. The number of esters is 3. The average Bonchev–Trinajstić information content (AvgIpc) is 1.61. The molecule has 30 nitrogen and oxygen atoms in total. The van der Waals surface area contributed by atoms with E-state index < -0.39 is 36.0 Å². The second-order valence-electron chi connectivity index (χ2n) is 31.4. The molecule has 3 heterocycles. The molecular formula is C86H124N12O18. The second kappa shape index (κ2) is 46.2. The number of nitrogens with zero attached hydrogens (tertiary/aromatic N) is 6. The molecular weight excluding hydrogens is 1490 g/mol. The molecule has 0 aliphatic heterocycles. The fourth-order valence-electron chi connectivity index (χ4n) is 15.3. The van der Waals surface area contributed by atoms with E-state index in [-0.39, 0.29) is 127 Å². The summed E-state index contributed by atoms with van der Waals surface area (Å²) in [6.07, 6.45) is 15.5. The number of amides is 6. The van der Waals surface area contributed by atoms with E-state index in [0.717, 1.165) is 104 Å². The number of benzene rings is 3. The summed E-state index contributed by atoms with van der Waals surface area (Å²) in [6.45, 7) is 16.0. The van der Waals surface area contributed by atoms with Crippen molar-refractivity contribution in [2.75, 3.05) is 83.6 Å². The number of aromatic nitrogens is 6. The van der Waals surface area contributed by atoms with Crippen molar-refractivity contribution in [1.82, 2.24) is 61.2 Å². The zero-order valence-electron chi connectivity index (χ0n) is 70.9. The molecule has 116 heavy (non-hydrogen) atoms. The molecule has 6 N–H and O–H groups in total. The predicted octanol–water partition coefficient (Wildman–Crippen LogP) is 12.2. The van der Waals surface area contributed by atoms with Gasteiger partial charge in [0.2, 0.25) is 17.7 Å². The molecule has 3 aliphatic rings. The quantitative estimate of drug-likeness (QED) is 0.0157. The smallest absolute Gasteiger partial charge is 0.325 e. The Bertz CT molecular complexity index is 4160. The molecule has 2 unspecified atom stereocenters. The van der Waals surface area contributed by atoms with E-state index in [2.05, 4.69) is 60.0 Å². The lowest BCUT2D eigenvalue weighted by Crippen LogP contribution is -2.41. The highest BCUT2D eigenvalue weighted by Crippen LogP contribution is 2.46. The number of hydrogen-bond acceptors (Lipinski definition) is 21. The van der Waals surface area contributed by atoms with E-state index in [1.807, 2.05) is 110 Å². The largest absolute Gasteiger partial charge is 0.496 e. The highest BCUT2D eigenvalue weighted by molar-refractivity contribution is 5.97. The van der Waals surface area contributed by atoms with E-state index in [9.17, 15) is 43.2 Å². The van der Waals surface area contributed by atoms with Crippen LogP contribution in [0.1, 0.15) is 227 Å². The van der Waals surface area contributed by atoms with Crippen molar-refractivity contribution >= 4 is 53.4 Å². The van der Waals surface area contributed by atoms with Gasteiger partial charge in [-0.05, 0) is 155 Å². The molecule has 3 saturated carbocycles. The van der Waals surface area contributed by atoms with Crippen LogP contribution in [0.25, 0.3) is 33.8 Å². The van der Waals surface area contributed by atoms with E-state index in [1.54, 1.807) is 60.9 Å². The standard InChI is InChI=1S/2C29H42N4O6.C28H40N4O6/c1-18(2)13-20(15-26(34)30-17-27(35)39-6)31-29(36)22-16-23(28-24(37-4)11-8-12-25(28)38-5)33(32-22)21-10-7-9-19(3)14-21;1-18(2)14-20(15-26(34)30-17-27(35)39-6)31-29(36)22-16-23(28-24(37-4)8-7-9-25(28)38-5)33(32-22)21-12-10-19(3)11-13-21;1-18(2)14-19(15-25(33)29-17-26(34)38-5)30-28(35)21-16-22(32(31-21)20-10-7-6-8-11-20)27-23(36-3)12-9-13-24(27)37-4/h8,11-12,16,18-21H,7,9-10,13-15,17H2,1-6H3,(H,30,34)(H,31,36);7-9,16,18-21H,10-15,17H2,1-6H3,(H,30,34)(H,31,36);9,12-13,16,18-20H,6-8,10-11,14-15,17H2,1-5H3,(H,29,33)(H,30,35)/t2*19?,20-,21?;19-/m000/s1. The molecule has 3 aliphatic carbocycles. The maximum atomic E-state index is 13.5. The van der Waals surface area contributed by atoms with Gasteiger partial charge in [0.1, 0.15) is 54.1 Å². The van der Waals surface area contributed by atoms with Crippen molar-refractivity contribution in [3.8, 4) is 68.3 Å². The number of ether oxygens (including phenoxy) is 9. The highest BCUT2D eigenvalue weighted by atomic mass is 16.5. The van der Waals surface area contributed by atoms with Gasteiger partial charge in [0.25, 0.3) is 17.7 Å². The lowest BCUT2D eigenvalue weighted by atomic mass is 9.87. The Morgan fingerprint density at radius 3 is 0.931 bits per heavy atom. The van der Waals surface area contributed by atoms with Crippen LogP contribution < -0.4 is 60.3 Å². The van der Waals surface area contributed by atoms with E-state index >= 15 is 0 Å². The molecule has 5 atom stereocenters. The Balaban J connectivity index is 0.000000241. The molecule has 9 rings (SSSR count). The molecule has 0 saturated heterocycles. The second-order valence-corrected chi connectivity index (χ2v) is 31.4. The van der Waals surface area contributed by atoms with E-state index in [1.165, 1.54) is 34.2 Å². The van der Waals surface area contributed by atoms with Crippen LogP contribution in [-0.2, 0) is 43.0 Å². The number of nitrogens with one attached hydrogen (secondary N) is 6. The molecule has 3 aromatic carbocycles. The van der Waals surface area contributed by atoms with Crippen LogP contribution in [0.3, 0.4) is 0 Å². The van der Waals surface area contributed by atoms with Gasteiger partial charge in [0.15, 0.2) is 17.1 Å². The van der Waals surface area contributed by atoms with Crippen LogP contribution in [0.2, 0.25) is 0 Å². The molecule has 3 fully saturated rings. The van der Waals surface area contributed by atoms with Gasteiger partial charge in [0, 0.05) is 37.4 Å². The van der Waals surface area contributed by atoms with Gasteiger partial charge >= 0.3 is 17.9 Å². The van der Waals surface area contributed by atoms with Crippen molar-refractivity contribution in [3.63, 3.8) is 0 Å². The summed E-state index contributed by atoms with van der Waals surface area (Å²) in [5.41, 5.74) is 5.29. The Morgan fingerprint density at radius 2 is 0.655 bits per heavy atom. The topological polar surface area (TPSA) is 362 Å². The van der Waals surface area contributed by atoms with Crippen LogP contribution in [0.4, 0.5) is 0 Å². The monoisotopic (exact) mass is 1610 g/mol. The van der Waals surface area contributed by atoms with E-state index in [0.29, 0.717) is 65.6 Å². The van der Waals surface area contributed by atoms with Crippen LogP contribution in [-0.4, -0.2) is 184 Å². The Kier molecular flexibility index (Phi) is 36.8. The first-order valence-corrected chi connectivity index (χ1v) is 40.5. The van der Waals surface area contributed by atoms with Crippen LogP contribution >= 0.6 is 0 Å². The van der Waals surface area contributed by atoms with Crippen molar-refractivity contribution in [3.05, 3.63) is 89.9 Å². The van der Waals surface area contributed by atoms with Crippen molar-refractivity contribution in [2.24, 2.45) is 29.6 Å². The average molecular weight is 1610 g/mol. The Labute approximate surface area is 682 Å². The summed E-state index contributed by atoms with van der Waals surface area (Å²) in [7, 11) is 13.4. The lowest BCUT2D eigenvalue weighted by Gasteiger charge is -2.28. The minimum Gasteiger partial charge on any atom is -0.496 e. The molecule has 0 spiro atoms. The van der Waals surface area contributed by atoms with Gasteiger partial charge in [-0.15, -0.1) is 0 Å². The summed E-state index contributed by atoms with van der Waals surface area (Å²) in [5.74, 6) is 2.01. The first kappa shape index (κ1) is 92.5. The fraction of sp³-hybridized carbons (Fsp3) is 0.581. The number of carbonyl (C=O) groups is 9. The summed E-state index contributed by atoms with van der Waals surface area (Å²) in [5, 5.41) is 31.0. The molecule has 636 valence electrons. The summed E-state index contributed by atoms with van der Waals surface area (Å²) in [4.78, 5) is 112. The number of rotatable bonds is 36. The zero-order chi connectivity index (χ0) is 84.7. The molecule has 3 aromatic heterocycles. The van der Waals surface area contributed by atoms with E-state index in [4.69, 9.17) is 43.7 Å². The number of hydrogen-bond donors (Lipinski definition) is 6. The molecule has 6 amide bonds. The van der Waals surface area contributed by atoms with Crippen molar-refractivity contribution in [2.45, 2.75) is 214 Å². The minimum absolute atomic E-state index is 0.0367. The van der Waals surface area contributed by atoms with Crippen LogP contribution in [0, 0.1) is 29.6 Å². The maximum absolute atomic E-state index is 13.5. The van der Waals surface area contributed by atoms with Crippen LogP contribution in [0.15, 0.2) is 72.8 Å². The third kappa shape index (κ3) is 27.0. The van der Waals surface area contributed by atoms with Crippen molar-refractivity contribution < 1.29 is 85.8 Å². The number of carbonyl (C=O) groups excluding carboxylic acids is 9. The lowest BCUT2D eigenvalue weighted by molar-refractivity contribution is -0.141. The van der Waals surface area contributed by atoms with Gasteiger partial charge in [-0.2, -0.15) is 15.3 Å². The first-order valence-electron chi connectivity index (χ1n) is 40.5. The maximum Gasteiger partial charge on any atom is 0.325 e. The molecule has 30 heteroatoms. The molecule has 0 radical (unpaired) electrons. The van der Waals surface area contributed by atoms with Crippen molar-refractivity contribution in [1.29, 1.82) is 0 Å². The van der Waals surface area contributed by atoms with Gasteiger partial charge in [-0.25, -0.2) is 0 Å².